The first-order valence-electron chi connectivity index (χ1n) is 7.40. The van der Waals surface area contributed by atoms with Gasteiger partial charge in [0.25, 0.3) is 0 Å². The summed E-state index contributed by atoms with van der Waals surface area (Å²) < 4.78 is 38.3. The molecule has 0 saturated carbocycles. The van der Waals surface area contributed by atoms with E-state index in [0.29, 0.717) is 6.54 Å². The van der Waals surface area contributed by atoms with E-state index in [2.05, 4.69) is 22.2 Å². The van der Waals surface area contributed by atoms with Crippen LogP contribution in [0.15, 0.2) is 12.3 Å². The molecule has 1 saturated heterocycles. The second kappa shape index (κ2) is 7.06. The number of piperidine rings is 1. The molecule has 1 aromatic rings. The molecule has 1 atom stereocenters. The average molecular weight is 302 g/mol. The molecule has 0 spiro atoms. The average Bonchev–Trinajstić information content (AvgIpc) is 2.47. The molecule has 1 N–H and O–H groups in total. The van der Waals surface area contributed by atoms with Crippen molar-refractivity contribution >= 4 is 5.95 Å². The van der Waals surface area contributed by atoms with Gasteiger partial charge in [-0.1, -0.05) is 6.92 Å². The van der Waals surface area contributed by atoms with E-state index in [9.17, 15) is 13.2 Å². The summed E-state index contributed by atoms with van der Waals surface area (Å²) in [5.74, 6) is 0.188. The van der Waals surface area contributed by atoms with Crippen molar-refractivity contribution in [3.63, 3.8) is 0 Å². The minimum Gasteiger partial charge on any atom is -0.337 e. The van der Waals surface area contributed by atoms with E-state index in [-0.39, 0.29) is 12.0 Å². The number of alkyl halides is 3. The highest BCUT2D eigenvalue weighted by atomic mass is 19.4. The third-order valence-electron chi connectivity index (χ3n) is 3.62. The summed E-state index contributed by atoms with van der Waals surface area (Å²) in [6.07, 6.45) is 0.806. The normalized spacial score (nSPS) is 19.8. The molecule has 0 aliphatic carbocycles. The molecule has 1 unspecified atom stereocenters. The minimum atomic E-state index is -4.43. The van der Waals surface area contributed by atoms with Gasteiger partial charge in [-0.15, -0.1) is 0 Å². The zero-order valence-electron chi connectivity index (χ0n) is 12.2. The maximum Gasteiger partial charge on any atom is 0.433 e. The Hall–Kier alpha value is -1.37. The van der Waals surface area contributed by atoms with Crippen LogP contribution in [0.25, 0.3) is 0 Å². The van der Waals surface area contributed by atoms with Crippen molar-refractivity contribution in [3.8, 4) is 0 Å². The number of hydrogen-bond acceptors (Lipinski definition) is 4. The minimum absolute atomic E-state index is 0.161. The van der Waals surface area contributed by atoms with Crippen molar-refractivity contribution in [2.45, 2.75) is 44.8 Å². The predicted molar refractivity (Wildman–Crippen MR) is 75.2 cm³/mol. The Bertz CT molecular complexity index is 450. The van der Waals surface area contributed by atoms with Gasteiger partial charge in [0, 0.05) is 25.3 Å². The Morgan fingerprint density at radius 2 is 2.19 bits per heavy atom. The molecule has 2 rings (SSSR count). The van der Waals surface area contributed by atoms with Crippen LogP contribution in [0.2, 0.25) is 0 Å². The van der Waals surface area contributed by atoms with Gasteiger partial charge in [-0.3, -0.25) is 0 Å². The van der Waals surface area contributed by atoms with Crippen LogP contribution in [-0.2, 0) is 6.18 Å². The van der Waals surface area contributed by atoms with E-state index < -0.39 is 11.9 Å². The van der Waals surface area contributed by atoms with Crippen LogP contribution in [0.3, 0.4) is 0 Å². The fraction of sp³-hybridized carbons (Fsp3) is 0.714. The van der Waals surface area contributed by atoms with Gasteiger partial charge in [0.05, 0.1) is 0 Å². The number of nitrogens with zero attached hydrogens (tertiary/aromatic N) is 3. The van der Waals surface area contributed by atoms with Gasteiger partial charge in [0.1, 0.15) is 5.69 Å². The second-order valence-corrected chi connectivity index (χ2v) is 5.29. The van der Waals surface area contributed by atoms with Crippen LogP contribution in [0.1, 0.15) is 38.3 Å². The third-order valence-corrected chi connectivity index (χ3v) is 3.62. The van der Waals surface area contributed by atoms with Crippen molar-refractivity contribution in [1.29, 1.82) is 0 Å². The molecule has 1 fully saturated rings. The molecule has 1 aromatic heterocycles. The number of anilines is 1. The molecule has 0 bridgehead atoms. The van der Waals surface area contributed by atoms with Crippen LogP contribution in [-0.4, -0.2) is 35.6 Å². The lowest BCUT2D eigenvalue weighted by Crippen LogP contribution is -2.46. The lowest BCUT2D eigenvalue weighted by atomic mass is 10.0. The largest absolute Gasteiger partial charge is 0.433 e. The standard InChI is InChI=1S/C14H21F3N4/c1-2-7-18-10-11-5-3-4-9-21(11)13-19-8-6-12(20-13)14(15,16)17/h6,8,11,18H,2-5,7,9-10H2,1H3. The summed E-state index contributed by atoms with van der Waals surface area (Å²) in [5.41, 5.74) is -0.877. The molecule has 4 nitrogen and oxygen atoms in total. The van der Waals surface area contributed by atoms with Crippen molar-refractivity contribution in [2.75, 3.05) is 24.5 Å². The highest BCUT2D eigenvalue weighted by Gasteiger charge is 2.34. The topological polar surface area (TPSA) is 41.0 Å². The van der Waals surface area contributed by atoms with Crippen LogP contribution >= 0.6 is 0 Å². The lowest BCUT2D eigenvalue weighted by Gasteiger charge is -2.36. The summed E-state index contributed by atoms with van der Waals surface area (Å²) in [6.45, 7) is 4.46. The fourth-order valence-corrected chi connectivity index (χ4v) is 2.57. The van der Waals surface area contributed by atoms with E-state index in [1.807, 2.05) is 4.90 Å². The summed E-state index contributed by atoms with van der Waals surface area (Å²) in [4.78, 5) is 9.65. The smallest absolute Gasteiger partial charge is 0.337 e. The Morgan fingerprint density at radius 3 is 2.90 bits per heavy atom. The van der Waals surface area contributed by atoms with Gasteiger partial charge in [0.2, 0.25) is 5.95 Å². The molecule has 1 aliphatic heterocycles. The number of nitrogens with one attached hydrogen (secondary N) is 1. The molecular weight excluding hydrogens is 281 g/mol. The summed E-state index contributed by atoms with van der Waals surface area (Å²) in [7, 11) is 0. The van der Waals surface area contributed by atoms with Crippen LogP contribution in [0.5, 0.6) is 0 Å². The summed E-state index contributed by atoms with van der Waals surface area (Å²) in [6, 6.07) is 1.08. The molecule has 0 amide bonds. The fourth-order valence-electron chi connectivity index (χ4n) is 2.57. The zero-order valence-corrected chi connectivity index (χ0v) is 12.2. The molecule has 0 radical (unpaired) electrons. The molecule has 118 valence electrons. The quantitative estimate of drug-likeness (QED) is 0.849. The molecule has 0 aromatic carbocycles. The number of aromatic nitrogens is 2. The third kappa shape index (κ3) is 4.30. The number of hydrogen-bond donors (Lipinski definition) is 1. The second-order valence-electron chi connectivity index (χ2n) is 5.29. The Balaban J connectivity index is 2.13. The van der Waals surface area contributed by atoms with Gasteiger partial charge in [-0.05, 0) is 38.3 Å². The Kier molecular flexibility index (Phi) is 5.39. The first kappa shape index (κ1) is 16.0. The first-order chi connectivity index (χ1) is 10.0. The van der Waals surface area contributed by atoms with E-state index in [4.69, 9.17) is 0 Å². The highest BCUT2D eigenvalue weighted by molar-refractivity contribution is 5.33. The van der Waals surface area contributed by atoms with E-state index >= 15 is 0 Å². The van der Waals surface area contributed by atoms with E-state index in [0.717, 1.165) is 44.8 Å². The van der Waals surface area contributed by atoms with Crippen LogP contribution in [0, 0.1) is 0 Å². The molecule has 1 aliphatic rings. The lowest BCUT2D eigenvalue weighted by molar-refractivity contribution is -0.141. The van der Waals surface area contributed by atoms with Gasteiger partial charge in [0.15, 0.2) is 0 Å². The van der Waals surface area contributed by atoms with Gasteiger partial charge < -0.3 is 10.2 Å². The van der Waals surface area contributed by atoms with Crippen LogP contribution in [0.4, 0.5) is 19.1 Å². The Labute approximate surface area is 122 Å². The van der Waals surface area contributed by atoms with Crippen LogP contribution < -0.4 is 10.2 Å². The van der Waals surface area contributed by atoms with E-state index in [1.54, 1.807) is 0 Å². The number of rotatable bonds is 5. The molecule has 7 heteroatoms. The van der Waals surface area contributed by atoms with Crippen molar-refractivity contribution in [2.24, 2.45) is 0 Å². The monoisotopic (exact) mass is 302 g/mol. The van der Waals surface area contributed by atoms with Gasteiger partial charge in [-0.25, -0.2) is 9.97 Å². The van der Waals surface area contributed by atoms with E-state index in [1.165, 1.54) is 6.20 Å². The summed E-state index contributed by atoms with van der Waals surface area (Å²) in [5, 5.41) is 3.33. The Morgan fingerprint density at radius 1 is 1.38 bits per heavy atom. The van der Waals surface area contributed by atoms with Crippen molar-refractivity contribution < 1.29 is 13.2 Å². The molecule has 21 heavy (non-hydrogen) atoms. The van der Waals surface area contributed by atoms with Gasteiger partial charge in [-0.2, -0.15) is 13.2 Å². The number of halogens is 3. The predicted octanol–water partition coefficient (Wildman–Crippen LogP) is 2.85. The highest BCUT2D eigenvalue weighted by Crippen LogP contribution is 2.29. The van der Waals surface area contributed by atoms with Crippen molar-refractivity contribution in [1.82, 2.24) is 15.3 Å². The summed E-state index contributed by atoms with van der Waals surface area (Å²) >= 11 is 0. The zero-order chi connectivity index (χ0) is 15.3. The van der Waals surface area contributed by atoms with Gasteiger partial charge >= 0.3 is 6.18 Å². The molecule has 2 heterocycles. The molecular formula is C14H21F3N4. The van der Waals surface area contributed by atoms with Crippen molar-refractivity contribution in [3.05, 3.63) is 18.0 Å². The maximum atomic E-state index is 12.8. The first-order valence-corrected chi connectivity index (χ1v) is 7.40. The maximum absolute atomic E-state index is 12.8. The SMILES string of the molecule is CCCNCC1CCCCN1c1nccc(C(F)(F)F)n1.